The van der Waals surface area contributed by atoms with Crippen molar-refractivity contribution in [1.82, 2.24) is 19.6 Å². The lowest BCUT2D eigenvalue weighted by atomic mass is 9.95. The second-order valence-electron chi connectivity index (χ2n) is 6.58. The second-order valence-corrected chi connectivity index (χ2v) is 6.58. The van der Waals surface area contributed by atoms with Crippen LogP contribution in [0.1, 0.15) is 31.0 Å². The maximum atomic E-state index is 12.6. The van der Waals surface area contributed by atoms with Crippen molar-refractivity contribution in [2.24, 2.45) is 5.92 Å². The van der Waals surface area contributed by atoms with E-state index in [1.807, 2.05) is 9.58 Å². The van der Waals surface area contributed by atoms with Gasteiger partial charge >= 0.3 is 0 Å². The van der Waals surface area contributed by atoms with Gasteiger partial charge in [-0.3, -0.25) is 14.4 Å². The van der Waals surface area contributed by atoms with E-state index < -0.39 is 0 Å². The average molecular weight is 320 g/mol. The zero-order chi connectivity index (χ0) is 16.2. The zero-order valence-electron chi connectivity index (χ0n) is 14.3. The van der Waals surface area contributed by atoms with Crippen molar-refractivity contribution in [2.75, 3.05) is 39.4 Å². The molecule has 0 bridgehead atoms. The Morgan fingerprint density at radius 2 is 1.96 bits per heavy atom. The highest BCUT2D eigenvalue weighted by Gasteiger charge is 2.29. The number of carbonyl (C=O) groups is 1. The third-order valence-corrected chi connectivity index (χ3v) is 5.03. The van der Waals surface area contributed by atoms with Crippen LogP contribution >= 0.6 is 0 Å². The molecule has 2 fully saturated rings. The fourth-order valence-electron chi connectivity index (χ4n) is 3.50. The SMILES string of the molecule is CCn1cc(CN2CCC(C(=O)N3CCOCC3)CC2)c(C)n1. The van der Waals surface area contributed by atoms with E-state index in [1.165, 1.54) is 5.56 Å². The summed E-state index contributed by atoms with van der Waals surface area (Å²) >= 11 is 0. The van der Waals surface area contributed by atoms with Crippen LogP contribution in [0.25, 0.3) is 0 Å². The van der Waals surface area contributed by atoms with E-state index in [9.17, 15) is 4.79 Å². The molecule has 1 aromatic rings. The molecule has 3 rings (SSSR count). The van der Waals surface area contributed by atoms with Gasteiger partial charge in [0.15, 0.2) is 0 Å². The van der Waals surface area contributed by atoms with Crippen molar-refractivity contribution in [2.45, 2.75) is 39.8 Å². The molecule has 0 aliphatic carbocycles. The number of nitrogens with zero attached hydrogens (tertiary/aromatic N) is 4. The summed E-state index contributed by atoms with van der Waals surface area (Å²) in [6.07, 6.45) is 4.09. The Kier molecular flexibility index (Phi) is 5.33. The molecule has 128 valence electrons. The molecule has 6 nitrogen and oxygen atoms in total. The number of amides is 1. The standard InChI is InChI=1S/C17H28N4O2/c1-3-21-13-16(14(2)18-21)12-19-6-4-15(5-7-19)17(22)20-8-10-23-11-9-20/h13,15H,3-12H2,1-2H3. The molecule has 2 aliphatic rings. The number of aromatic nitrogens is 2. The van der Waals surface area contributed by atoms with Crippen LogP contribution in [0.3, 0.4) is 0 Å². The third kappa shape index (κ3) is 3.93. The summed E-state index contributed by atoms with van der Waals surface area (Å²) in [6, 6.07) is 0. The maximum absolute atomic E-state index is 12.6. The largest absolute Gasteiger partial charge is 0.378 e. The first-order valence-electron chi connectivity index (χ1n) is 8.79. The highest BCUT2D eigenvalue weighted by molar-refractivity contribution is 5.79. The summed E-state index contributed by atoms with van der Waals surface area (Å²) in [5, 5.41) is 4.52. The third-order valence-electron chi connectivity index (χ3n) is 5.03. The molecule has 0 unspecified atom stereocenters. The summed E-state index contributed by atoms with van der Waals surface area (Å²) in [5.41, 5.74) is 2.43. The summed E-state index contributed by atoms with van der Waals surface area (Å²) in [4.78, 5) is 17.0. The first-order valence-corrected chi connectivity index (χ1v) is 8.79. The molecule has 0 saturated carbocycles. The molecule has 6 heteroatoms. The average Bonchev–Trinajstić information content (AvgIpc) is 2.96. The number of likely N-dealkylation sites (tertiary alicyclic amines) is 1. The summed E-state index contributed by atoms with van der Waals surface area (Å²) in [7, 11) is 0. The highest BCUT2D eigenvalue weighted by atomic mass is 16.5. The predicted molar refractivity (Wildman–Crippen MR) is 88.0 cm³/mol. The van der Waals surface area contributed by atoms with E-state index in [0.29, 0.717) is 19.1 Å². The quantitative estimate of drug-likeness (QED) is 0.839. The van der Waals surface area contributed by atoms with Gasteiger partial charge < -0.3 is 9.64 Å². The minimum Gasteiger partial charge on any atom is -0.378 e. The van der Waals surface area contributed by atoms with Gasteiger partial charge in [0.25, 0.3) is 0 Å². The van der Waals surface area contributed by atoms with Crippen LogP contribution < -0.4 is 0 Å². The van der Waals surface area contributed by atoms with Crippen LogP contribution in [0, 0.1) is 12.8 Å². The Hall–Kier alpha value is -1.40. The van der Waals surface area contributed by atoms with Crippen LogP contribution in [-0.2, 0) is 22.6 Å². The number of aryl methyl sites for hydroxylation is 2. The molecule has 3 heterocycles. The molecular formula is C17H28N4O2. The smallest absolute Gasteiger partial charge is 0.225 e. The van der Waals surface area contributed by atoms with E-state index in [4.69, 9.17) is 4.74 Å². The molecule has 0 spiro atoms. The Morgan fingerprint density at radius 3 is 2.57 bits per heavy atom. The fraction of sp³-hybridized carbons (Fsp3) is 0.765. The van der Waals surface area contributed by atoms with Gasteiger partial charge in [0.2, 0.25) is 5.91 Å². The molecule has 2 saturated heterocycles. The van der Waals surface area contributed by atoms with Crippen molar-refractivity contribution >= 4 is 5.91 Å². The number of carbonyl (C=O) groups excluding carboxylic acids is 1. The molecule has 0 N–H and O–H groups in total. The van der Waals surface area contributed by atoms with E-state index in [0.717, 1.165) is 57.8 Å². The number of hydrogen-bond donors (Lipinski definition) is 0. The molecule has 0 atom stereocenters. The second kappa shape index (κ2) is 7.45. The van der Waals surface area contributed by atoms with Gasteiger partial charge in [0.1, 0.15) is 0 Å². The normalized spacial score (nSPS) is 20.9. The molecule has 23 heavy (non-hydrogen) atoms. The molecule has 1 aromatic heterocycles. The molecule has 0 aromatic carbocycles. The zero-order valence-corrected chi connectivity index (χ0v) is 14.3. The number of piperidine rings is 1. The molecule has 1 amide bonds. The lowest BCUT2D eigenvalue weighted by Gasteiger charge is -2.35. The van der Waals surface area contributed by atoms with Crippen LogP contribution in [0.5, 0.6) is 0 Å². The van der Waals surface area contributed by atoms with Gasteiger partial charge in [-0.05, 0) is 39.8 Å². The minimum absolute atomic E-state index is 0.198. The topological polar surface area (TPSA) is 50.6 Å². The Morgan fingerprint density at radius 1 is 1.26 bits per heavy atom. The lowest BCUT2D eigenvalue weighted by Crippen LogP contribution is -2.46. The van der Waals surface area contributed by atoms with E-state index in [2.05, 4.69) is 30.0 Å². The van der Waals surface area contributed by atoms with E-state index in [1.54, 1.807) is 0 Å². The molecule has 2 aliphatic heterocycles. The summed E-state index contributed by atoms with van der Waals surface area (Å²) < 4.78 is 7.33. The molecule has 0 radical (unpaired) electrons. The number of hydrogen-bond acceptors (Lipinski definition) is 4. The number of morpholine rings is 1. The Labute approximate surface area is 138 Å². The van der Waals surface area contributed by atoms with Crippen LogP contribution in [0.15, 0.2) is 6.20 Å². The summed E-state index contributed by atoms with van der Waals surface area (Å²) in [5.74, 6) is 0.534. The van der Waals surface area contributed by atoms with Crippen molar-refractivity contribution < 1.29 is 9.53 Å². The summed E-state index contributed by atoms with van der Waals surface area (Å²) in [6.45, 7) is 10.9. The number of rotatable bonds is 4. The van der Waals surface area contributed by atoms with Crippen molar-refractivity contribution in [3.63, 3.8) is 0 Å². The first-order chi connectivity index (χ1) is 11.2. The van der Waals surface area contributed by atoms with Crippen molar-refractivity contribution in [3.8, 4) is 0 Å². The Balaban J connectivity index is 1.49. The van der Waals surface area contributed by atoms with Crippen LogP contribution in [0.2, 0.25) is 0 Å². The lowest BCUT2D eigenvalue weighted by molar-refractivity contribution is -0.141. The predicted octanol–water partition coefficient (Wildman–Crippen LogP) is 1.28. The van der Waals surface area contributed by atoms with E-state index in [-0.39, 0.29) is 5.92 Å². The van der Waals surface area contributed by atoms with Gasteiger partial charge in [-0.2, -0.15) is 5.10 Å². The fourth-order valence-corrected chi connectivity index (χ4v) is 3.50. The van der Waals surface area contributed by atoms with Gasteiger partial charge in [-0.25, -0.2) is 0 Å². The van der Waals surface area contributed by atoms with Crippen LogP contribution in [-0.4, -0.2) is 64.9 Å². The van der Waals surface area contributed by atoms with Gasteiger partial charge in [-0.15, -0.1) is 0 Å². The molecular weight excluding hydrogens is 292 g/mol. The highest BCUT2D eigenvalue weighted by Crippen LogP contribution is 2.22. The van der Waals surface area contributed by atoms with Crippen molar-refractivity contribution in [3.05, 3.63) is 17.5 Å². The van der Waals surface area contributed by atoms with Crippen molar-refractivity contribution in [1.29, 1.82) is 0 Å². The van der Waals surface area contributed by atoms with Gasteiger partial charge in [0, 0.05) is 43.9 Å². The maximum Gasteiger partial charge on any atom is 0.225 e. The number of ether oxygens (including phenoxy) is 1. The van der Waals surface area contributed by atoms with Gasteiger partial charge in [-0.1, -0.05) is 0 Å². The first kappa shape index (κ1) is 16.5. The van der Waals surface area contributed by atoms with Gasteiger partial charge in [0.05, 0.1) is 18.9 Å². The monoisotopic (exact) mass is 320 g/mol. The van der Waals surface area contributed by atoms with E-state index >= 15 is 0 Å². The Bertz CT molecular complexity index is 529. The minimum atomic E-state index is 0.198. The van der Waals surface area contributed by atoms with Crippen LogP contribution in [0.4, 0.5) is 0 Å².